The highest BCUT2D eigenvalue weighted by Crippen LogP contribution is 2.08. The van der Waals surface area contributed by atoms with Gasteiger partial charge < -0.3 is 15.2 Å². The van der Waals surface area contributed by atoms with E-state index in [0.29, 0.717) is 6.54 Å². The van der Waals surface area contributed by atoms with E-state index in [9.17, 15) is 0 Å². The zero-order valence-corrected chi connectivity index (χ0v) is 18.6. The predicted octanol–water partition coefficient (Wildman–Crippen LogP) is 2.40. The van der Waals surface area contributed by atoms with E-state index >= 15 is 0 Å². The molecule has 3 rings (SSSR count). The van der Waals surface area contributed by atoms with E-state index in [-0.39, 0.29) is 24.0 Å². The Labute approximate surface area is 182 Å². The molecular weight excluding hydrogens is 467 g/mol. The molecule has 0 bridgehead atoms. The topological polar surface area (TPSA) is 85.0 Å². The van der Waals surface area contributed by atoms with Crippen LogP contribution in [-0.2, 0) is 19.5 Å². The minimum atomic E-state index is 0. The van der Waals surface area contributed by atoms with Crippen molar-refractivity contribution in [3.05, 3.63) is 60.4 Å². The number of nitrogens with zero attached hydrogens (tertiary/aromatic N) is 6. The van der Waals surface area contributed by atoms with Gasteiger partial charge in [-0.25, -0.2) is 9.67 Å². The van der Waals surface area contributed by atoms with Crippen LogP contribution in [0, 0.1) is 0 Å². The molecule has 150 valence electrons. The van der Waals surface area contributed by atoms with Crippen molar-refractivity contribution in [1.29, 1.82) is 0 Å². The Bertz CT molecular complexity index is 839. The van der Waals surface area contributed by atoms with E-state index in [4.69, 9.17) is 0 Å². The summed E-state index contributed by atoms with van der Waals surface area (Å²) in [5.41, 5.74) is 2.33. The van der Waals surface area contributed by atoms with Crippen LogP contribution in [0.15, 0.2) is 54.0 Å². The van der Waals surface area contributed by atoms with Gasteiger partial charge in [-0.3, -0.25) is 0 Å². The number of rotatable bonds is 8. The molecule has 0 unspecified atom stereocenters. The minimum absolute atomic E-state index is 0. The Balaban J connectivity index is 0.00000280. The first kappa shape index (κ1) is 21.9. The van der Waals surface area contributed by atoms with Gasteiger partial charge in [0.1, 0.15) is 12.9 Å². The van der Waals surface area contributed by atoms with Crippen LogP contribution in [0.2, 0.25) is 0 Å². The lowest BCUT2D eigenvalue weighted by atomic mass is 10.1. The Kier molecular flexibility index (Phi) is 8.92. The second-order valence-electron chi connectivity index (χ2n) is 6.02. The Morgan fingerprint density at radius 1 is 1.14 bits per heavy atom. The quantitative estimate of drug-likeness (QED) is 0.286. The molecule has 2 aromatic heterocycles. The number of nitrogens with one attached hydrogen (secondary N) is 2. The molecule has 0 radical (unpaired) electrons. The van der Waals surface area contributed by atoms with Crippen molar-refractivity contribution in [3.63, 3.8) is 0 Å². The fraction of sp³-hybridized carbons (Fsp3) is 0.368. The van der Waals surface area contributed by atoms with Crippen LogP contribution in [0.5, 0.6) is 0 Å². The Morgan fingerprint density at radius 2 is 1.96 bits per heavy atom. The standard InChI is InChI=1S/C19H26N8.HI/c1-3-20-19(22-14-18-25-23-15-26(18)4-2)21-12-10-16-6-8-17(9-7-16)27-13-5-11-24-27;/h5-9,11,13,15H,3-4,10,12,14H2,1-2H3,(H2,20,21,22);1H. The van der Waals surface area contributed by atoms with E-state index in [2.05, 4.69) is 69.0 Å². The zero-order valence-electron chi connectivity index (χ0n) is 16.2. The summed E-state index contributed by atoms with van der Waals surface area (Å²) in [7, 11) is 0. The highest BCUT2D eigenvalue weighted by Gasteiger charge is 2.03. The number of guanidine groups is 1. The Hall–Kier alpha value is -2.43. The second kappa shape index (κ2) is 11.4. The monoisotopic (exact) mass is 494 g/mol. The van der Waals surface area contributed by atoms with Crippen LogP contribution in [-0.4, -0.2) is 43.6 Å². The van der Waals surface area contributed by atoms with Crippen LogP contribution >= 0.6 is 24.0 Å². The molecule has 28 heavy (non-hydrogen) atoms. The molecule has 0 aliphatic rings. The summed E-state index contributed by atoms with van der Waals surface area (Å²) in [4.78, 5) is 4.60. The lowest BCUT2D eigenvalue weighted by Gasteiger charge is -2.11. The van der Waals surface area contributed by atoms with Gasteiger partial charge in [-0.05, 0) is 44.0 Å². The third-order valence-electron chi connectivity index (χ3n) is 4.17. The van der Waals surface area contributed by atoms with Gasteiger partial charge in [0.15, 0.2) is 11.8 Å². The van der Waals surface area contributed by atoms with Crippen LogP contribution in [0.4, 0.5) is 0 Å². The van der Waals surface area contributed by atoms with Gasteiger partial charge in [0.2, 0.25) is 0 Å². The lowest BCUT2D eigenvalue weighted by Crippen LogP contribution is -2.38. The molecule has 3 aromatic rings. The van der Waals surface area contributed by atoms with Gasteiger partial charge in [-0.2, -0.15) is 5.10 Å². The number of aliphatic imine (C=N–C) groups is 1. The minimum Gasteiger partial charge on any atom is -0.357 e. The lowest BCUT2D eigenvalue weighted by molar-refractivity contribution is 0.693. The normalized spacial score (nSPS) is 11.1. The van der Waals surface area contributed by atoms with E-state index < -0.39 is 0 Å². The molecule has 0 amide bonds. The van der Waals surface area contributed by atoms with Crippen LogP contribution in [0.1, 0.15) is 25.2 Å². The summed E-state index contributed by atoms with van der Waals surface area (Å²) in [6.07, 6.45) is 6.37. The molecule has 0 saturated carbocycles. The summed E-state index contributed by atoms with van der Waals surface area (Å²) < 4.78 is 3.85. The summed E-state index contributed by atoms with van der Waals surface area (Å²) >= 11 is 0. The molecule has 9 heteroatoms. The van der Waals surface area contributed by atoms with Gasteiger partial charge in [0.05, 0.1) is 5.69 Å². The fourth-order valence-corrected chi connectivity index (χ4v) is 2.72. The van der Waals surface area contributed by atoms with Crippen molar-refractivity contribution in [2.24, 2.45) is 4.99 Å². The molecule has 2 N–H and O–H groups in total. The van der Waals surface area contributed by atoms with Crippen molar-refractivity contribution >= 4 is 29.9 Å². The van der Waals surface area contributed by atoms with Crippen LogP contribution in [0.25, 0.3) is 5.69 Å². The van der Waals surface area contributed by atoms with E-state index in [1.807, 2.05) is 21.5 Å². The number of aromatic nitrogens is 5. The number of hydrogen-bond donors (Lipinski definition) is 2. The van der Waals surface area contributed by atoms with E-state index in [0.717, 1.165) is 43.5 Å². The molecule has 0 spiro atoms. The van der Waals surface area contributed by atoms with Gasteiger partial charge in [0, 0.05) is 32.0 Å². The highest BCUT2D eigenvalue weighted by atomic mass is 127. The first-order chi connectivity index (χ1) is 13.3. The molecule has 0 aliphatic carbocycles. The third kappa shape index (κ3) is 6.04. The maximum absolute atomic E-state index is 4.60. The first-order valence-corrected chi connectivity index (χ1v) is 9.28. The fourth-order valence-electron chi connectivity index (χ4n) is 2.72. The summed E-state index contributed by atoms with van der Waals surface area (Å²) in [6.45, 7) is 7.08. The largest absolute Gasteiger partial charge is 0.357 e. The van der Waals surface area contributed by atoms with Crippen molar-refractivity contribution in [2.45, 2.75) is 33.4 Å². The first-order valence-electron chi connectivity index (χ1n) is 9.28. The molecule has 0 saturated heterocycles. The second-order valence-corrected chi connectivity index (χ2v) is 6.02. The molecule has 0 atom stereocenters. The predicted molar refractivity (Wildman–Crippen MR) is 121 cm³/mol. The molecule has 2 heterocycles. The van der Waals surface area contributed by atoms with E-state index in [1.165, 1.54) is 5.56 Å². The zero-order chi connectivity index (χ0) is 18.9. The number of hydrogen-bond acceptors (Lipinski definition) is 4. The average Bonchev–Trinajstić information content (AvgIpc) is 3.38. The number of benzene rings is 1. The molecule has 1 aromatic carbocycles. The molecule has 8 nitrogen and oxygen atoms in total. The third-order valence-corrected chi connectivity index (χ3v) is 4.17. The number of halogens is 1. The van der Waals surface area contributed by atoms with Gasteiger partial charge in [-0.1, -0.05) is 12.1 Å². The van der Waals surface area contributed by atoms with Crippen molar-refractivity contribution < 1.29 is 0 Å². The summed E-state index contributed by atoms with van der Waals surface area (Å²) in [6, 6.07) is 10.3. The van der Waals surface area contributed by atoms with Crippen molar-refractivity contribution in [1.82, 2.24) is 35.2 Å². The summed E-state index contributed by atoms with van der Waals surface area (Å²) in [5, 5.41) is 18.9. The average molecular weight is 494 g/mol. The maximum atomic E-state index is 4.60. The Morgan fingerprint density at radius 3 is 2.64 bits per heavy atom. The molecular formula is C19H27IN8. The molecule has 0 fully saturated rings. The van der Waals surface area contributed by atoms with Gasteiger partial charge >= 0.3 is 0 Å². The van der Waals surface area contributed by atoms with Crippen molar-refractivity contribution in [2.75, 3.05) is 13.1 Å². The van der Waals surface area contributed by atoms with Gasteiger partial charge in [-0.15, -0.1) is 34.2 Å². The van der Waals surface area contributed by atoms with E-state index in [1.54, 1.807) is 12.5 Å². The highest BCUT2D eigenvalue weighted by molar-refractivity contribution is 14.0. The van der Waals surface area contributed by atoms with Crippen LogP contribution in [0.3, 0.4) is 0 Å². The van der Waals surface area contributed by atoms with Crippen molar-refractivity contribution in [3.8, 4) is 5.69 Å². The molecule has 0 aliphatic heterocycles. The van der Waals surface area contributed by atoms with Crippen LogP contribution < -0.4 is 10.6 Å². The number of aryl methyl sites for hydroxylation is 1. The summed E-state index contributed by atoms with van der Waals surface area (Å²) in [5.74, 6) is 1.65. The SMILES string of the molecule is CCNC(=NCc1nncn1CC)NCCc1ccc(-n2cccn2)cc1.I. The smallest absolute Gasteiger partial charge is 0.191 e. The van der Waals surface area contributed by atoms with Gasteiger partial charge in [0.25, 0.3) is 0 Å². The maximum Gasteiger partial charge on any atom is 0.191 e.